The molecule has 0 N–H and O–H groups in total. The van der Waals surface area contributed by atoms with Crippen LogP contribution in [0.4, 0.5) is 0 Å². The summed E-state index contributed by atoms with van der Waals surface area (Å²) >= 11 is 0. The molecule has 0 amide bonds. The number of likely N-dealkylation sites (N-methyl/N-ethyl adjacent to an activating group) is 1. The van der Waals surface area contributed by atoms with E-state index in [1.54, 1.807) is 8.61 Å². The highest BCUT2D eigenvalue weighted by Gasteiger charge is 2.37. The molecule has 0 aromatic heterocycles. The molecule has 1 aromatic carbocycles. The summed E-state index contributed by atoms with van der Waals surface area (Å²) in [6.45, 7) is 11.2. The van der Waals surface area contributed by atoms with Crippen LogP contribution in [-0.2, 0) is 10.2 Å². The van der Waals surface area contributed by atoms with Crippen LogP contribution in [0.3, 0.4) is 0 Å². The molecule has 2 unspecified atom stereocenters. The summed E-state index contributed by atoms with van der Waals surface area (Å²) in [5, 5.41) is 0. The van der Waals surface area contributed by atoms with Gasteiger partial charge < -0.3 is 0 Å². The van der Waals surface area contributed by atoms with Gasteiger partial charge in [-0.25, -0.2) is 0 Å². The molecule has 0 spiro atoms. The number of hydrogen-bond acceptors (Lipinski definition) is 3. The van der Waals surface area contributed by atoms with Crippen molar-refractivity contribution in [2.45, 2.75) is 46.2 Å². The van der Waals surface area contributed by atoms with Crippen molar-refractivity contribution in [2.24, 2.45) is 0 Å². The molecular weight excluding hydrogens is 322 g/mol. The van der Waals surface area contributed by atoms with Gasteiger partial charge in [-0.3, -0.25) is 4.90 Å². The fourth-order valence-electron chi connectivity index (χ4n) is 3.61. The fourth-order valence-corrected chi connectivity index (χ4v) is 5.43. The van der Waals surface area contributed by atoms with Crippen LogP contribution < -0.4 is 0 Å². The highest BCUT2D eigenvalue weighted by molar-refractivity contribution is 7.86. The zero-order valence-corrected chi connectivity index (χ0v) is 16.2. The van der Waals surface area contributed by atoms with Crippen molar-refractivity contribution in [1.29, 1.82) is 0 Å². The first-order valence-electron chi connectivity index (χ1n) is 9.01. The summed E-state index contributed by atoms with van der Waals surface area (Å²) in [5.74, 6) is 0. The smallest absolute Gasteiger partial charge is 0.282 e. The summed E-state index contributed by atoms with van der Waals surface area (Å²) in [7, 11) is -3.37. The Balaban J connectivity index is 2.10. The molecule has 1 heterocycles. The third-order valence-electron chi connectivity index (χ3n) is 5.07. The minimum atomic E-state index is -3.37. The lowest BCUT2D eigenvalue weighted by atomic mass is 10.1. The molecule has 24 heavy (non-hydrogen) atoms. The van der Waals surface area contributed by atoms with Gasteiger partial charge in [0.05, 0.1) is 0 Å². The Kier molecular flexibility index (Phi) is 6.80. The SMILES string of the molecule is CCN(CC)S(=O)(=O)N(CC)C1CCN(C(C)c2ccccc2)C1. The highest BCUT2D eigenvalue weighted by atomic mass is 32.2. The highest BCUT2D eigenvalue weighted by Crippen LogP contribution is 2.28. The van der Waals surface area contributed by atoms with Gasteiger partial charge >= 0.3 is 0 Å². The van der Waals surface area contributed by atoms with Gasteiger partial charge in [-0.1, -0.05) is 51.1 Å². The molecule has 1 aliphatic rings. The Morgan fingerprint density at radius 3 is 2.29 bits per heavy atom. The van der Waals surface area contributed by atoms with E-state index in [1.807, 2.05) is 26.8 Å². The molecule has 1 fully saturated rings. The molecule has 0 aliphatic carbocycles. The quantitative estimate of drug-likeness (QED) is 0.722. The summed E-state index contributed by atoms with van der Waals surface area (Å²) in [6.07, 6.45) is 0.894. The number of nitrogens with zero attached hydrogens (tertiary/aromatic N) is 3. The second-order valence-corrected chi connectivity index (χ2v) is 8.20. The van der Waals surface area contributed by atoms with Gasteiger partial charge in [0.1, 0.15) is 0 Å². The largest absolute Gasteiger partial charge is 0.295 e. The monoisotopic (exact) mass is 353 g/mol. The molecule has 136 valence electrons. The van der Waals surface area contributed by atoms with E-state index in [4.69, 9.17) is 0 Å². The Bertz CT molecular complexity index is 602. The lowest BCUT2D eigenvalue weighted by molar-refractivity contribution is 0.234. The van der Waals surface area contributed by atoms with E-state index in [0.717, 1.165) is 19.5 Å². The van der Waals surface area contributed by atoms with Crippen molar-refractivity contribution in [2.75, 3.05) is 32.7 Å². The van der Waals surface area contributed by atoms with Gasteiger partial charge in [0.15, 0.2) is 0 Å². The van der Waals surface area contributed by atoms with Crippen molar-refractivity contribution in [1.82, 2.24) is 13.5 Å². The Labute approximate surface area is 147 Å². The lowest BCUT2D eigenvalue weighted by Crippen LogP contribution is -2.49. The molecule has 0 bridgehead atoms. The van der Waals surface area contributed by atoms with E-state index < -0.39 is 10.2 Å². The molecule has 1 saturated heterocycles. The maximum Gasteiger partial charge on any atom is 0.282 e. The summed E-state index contributed by atoms with van der Waals surface area (Å²) < 4.78 is 29.0. The first-order chi connectivity index (χ1) is 11.5. The molecule has 6 heteroatoms. The third kappa shape index (κ3) is 3.99. The molecule has 1 aromatic rings. The third-order valence-corrected chi connectivity index (χ3v) is 7.39. The molecular formula is C18H31N3O2S. The molecule has 0 radical (unpaired) electrons. The maximum atomic E-state index is 12.9. The lowest BCUT2D eigenvalue weighted by Gasteiger charge is -2.32. The van der Waals surface area contributed by atoms with Crippen LogP contribution in [0.5, 0.6) is 0 Å². The van der Waals surface area contributed by atoms with Crippen LogP contribution in [0.2, 0.25) is 0 Å². The first kappa shape index (κ1) is 19.4. The van der Waals surface area contributed by atoms with Crippen LogP contribution in [0.15, 0.2) is 30.3 Å². The second kappa shape index (κ2) is 8.43. The fraction of sp³-hybridized carbons (Fsp3) is 0.667. The molecule has 0 saturated carbocycles. The minimum Gasteiger partial charge on any atom is -0.295 e. The van der Waals surface area contributed by atoms with E-state index in [0.29, 0.717) is 25.7 Å². The van der Waals surface area contributed by atoms with Crippen LogP contribution in [-0.4, -0.2) is 60.7 Å². The van der Waals surface area contributed by atoms with E-state index in [2.05, 4.69) is 36.1 Å². The Morgan fingerprint density at radius 1 is 1.12 bits per heavy atom. The second-order valence-electron chi connectivity index (χ2n) is 6.32. The molecule has 1 aliphatic heterocycles. The minimum absolute atomic E-state index is 0.0618. The number of rotatable bonds is 8. The zero-order valence-electron chi connectivity index (χ0n) is 15.4. The van der Waals surface area contributed by atoms with Gasteiger partial charge in [-0.15, -0.1) is 0 Å². The Morgan fingerprint density at radius 2 is 1.75 bits per heavy atom. The van der Waals surface area contributed by atoms with E-state index in [-0.39, 0.29) is 6.04 Å². The topological polar surface area (TPSA) is 43.9 Å². The number of likely N-dealkylation sites (tertiary alicyclic amines) is 1. The zero-order chi connectivity index (χ0) is 17.7. The number of benzene rings is 1. The normalized spacial score (nSPS) is 20.8. The van der Waals surface area contributed by atoms with Gasteiger partial charge in [-0.2, -0.15) is 17.0 Å². The van der Waals surface area contributed by atoms with Crippen molar-refractivity contribution in [3.63, 3.8) is 0 Å². The van der Waals surface area contributed by atoms with Crippen LogP contribution in [0, 0.1) is 0 Å². The van der Waals surface area contributed by atoms with Crippen molar-refractivity contribution in [3.8, 4) is 0 Å². The van der Waals surface area contributed by atoms with Crippen molar-refractivity contribution >= 4 is 10.2 Å². The van der Waals surface area contributed by atoms with E-state index in [9.17, 15) is 8.42 Å². The standard InChI is InChI=1S/C18H31N3O2S/c1-5-20(6-2)24(22,23)21(7-3)18-13-14-19(15-18)16(4)17-11-9-8-10-12-17/h8-12,16,18H,5-7,13-15H2,1-4H3. The predicted molar refractivity (Wildman–Crippen MR) is 99.1 cm³/mol. The average molecular weight is 354 g/mol. The van der Waals surface area contributed by atoms with E-state index >= 15 is 0 Å². The van der Waals surface area contributed by atoms with Crippen LogP contribution in [0.1, 0.15) is 45.7 Å². The van der Waals surface area contributed by atoms with Crippen molar-refractivity contribution < 1.29 is 8.42 Å². The molecule has 2 atom stereocenters. The van der Waals surface area contributed by atoms with Gasteiger partial charge in [0.2, 0.25) is 0 Å². The number of hydrogen-bond donors (Lipinski definition) is 0. The summed E-state index contributed by atoms with van der Waals surface area (Å²) in [4.78, 5) is 2.39. The molecule has 5 nitrogen and oxygen atoms in total. The predicted octanol–water partition coefficient (Wildman–Crippen LogP) is 2.73. The van der Waals surface area contributed by atoms with Gasteiger partial charge in [0, 0.05) is 44.8 Å². The van der Waals surface area contributed by atoms with Crippen LogP contribution >= 0.6 is 0 Å². The van der Waals surface area contributed by atoms with Gasteiger partial charge in [-0.05, 0) is 18.9 Å². The van der Waals surface area contributed by atoms with Gasteiger partial charge in [0.25, 0.3) is 10.2 Å². The van der Waals surface area contributed by atoms with Crippen LogP contribution in [0.25, 0.3) is 0 Å². The average Bonchev–Trinajstić information content (AvgIpc) is 3.05. The van der Waals surface area contributed by atoms with E-state index in [1.165, 1.54) is 5.56 Å². The van der Waals surface area contributed by atoms with Crippen molar-refractivity contribution in [3.05, 3.63) is 35.9 Å². The summed E-state index contributed by atoms with van der Waals surface area (Å²) in [5.41, 5.74) is 1.28. The summed E-state index contributed by atoms with van der Waals surface area (Å²) in [6, 6.07) is 10.8. The Hall–Kier alpha value is -0.950. The maximum absolute atomic E-state index is 12.9. The molecule has 2 rings (SSSR count). The first-order valence-corrected chi connectivity index (χ1v) is 10.4.